The van der Waals surface area contributed by atoms with Crippen molar-refractivity contribution in [3.63, 3.8) is 0 Å². The fourth-order valence-corrected chi connectivity index (χ4v) is 1.72. The van der Waals surface area contributed by atoms with E-state index >= 15 is 0 Å². The maximum Gasteiger partial charge on any atom is 0.231 e. The maximum atomic E-state index is 8.35. The van der Waals surface area contributed by atoms with Crippen molar-refractivity contribution in [1.29, 1.82) is 10.8 Å². The lowest BCUT2D eigenvalue weighted by Gasteiger charge is -1.99. The summed E-state index contributed by atoms with van der Waals surface area (Å²) in [6.45, 7) is 0. The lowest BCUT2D eigenvalue weighted by atomic mass is 10.1. The number of carbonyl (C=O) groups excluding carboxylic acids is 2. The Balaban J connectivity index is 0.000000290. The molecule has 1 aromatic heterocycles. The van der Waals surface area contributed by atoms with Gasteiger partial charge in [0.25, 0.3) is 0 Å². The molecule has 0 bridgehead atoms. The number of fused-ring (bicyclic) bond motifs is 2. The van der Waals surface area contributed by atoms with Gasteiger partial charge in [0.1, 0.15) is 0 Å². The Morgan fingerprint density at radius 2 is 1.10 bits per heavy atom. The molecule has 98 valence electrons. The van der Waals surface area contributed by atoms with Crippen molar-refractivity contribution in [3.05, 3.63) is 54.6 Å². The van der Waals surface area contributed by atoms with Crippen LogP contribution in [0, 0.1) is 10.8 Å². The summed E-state index contributed by atoms with van der Waals surface area (Å²) in [6.07, 6.45) is 1.50. The Hall–Kier alpha value is -3.13. The molecule has 0 aliphatic heterocycles. The second-order valence-corrected chi connectivity index (χ2v) is 3.58. The summed E-state index contributed by atoms with van der Waals surface area (Å²) in [5.74, 6) is 0. The molecule has 2 N–H and O–H groups in total. The van der Waals surface area contributed by atoms with Gasteiger partial charge in [-0.3, -0.25) is 0 Å². The molecule has 5 heteroatoms. The lowest BCUT2D eigenvalue weighted by Crippen LogP contribution is -1.80. The first kappa shape index (κ1) is 14.9. The van der Waals surface area contributed by atoms with Crippen molar-refractivity contribution < 1.29 is 9.59 Å². The summed E-state index contributed by atoms with van der Waals surface area (Å²) >= 11 is 0. The number of pyridine rings is 1. The van der Waals surface area contributed by atoms with Crippen LogP contribution in [0.1, 0.15) is 0 Å². The minimum atomic E-state index is 0.750. The van der Waals surface area contributed by atoms with Crippen LogP contribution in [-0.4, -0.2) is 17.1 Å². The average Bonchev–Trinajstić information content (AvgIpc) is 2.47. The first-order valence-corrected chi connectivity index (χ1v) is 5.59. The topological polar surface area (TPSA) is 94.7 Å². The zero-order chi connectivity index (χ0) is 14.8. The van der Waals surface area contributed by atoms with Crippen LogP contribution in [0.3, 0.4) is 0 Å². The van der Waals surface area contributed by atoms with Gasteiger partial charge in [-0.25, -0.2) is 25.4 Å². The van der Waals surface area contributed by atoms with E-state index in [2.05, 4.69) is 23.2 Å². The molecule has 5 nitrogen and oxygen atoms in total. The number of nitrogens with one attached hydrogen (secondary N) is 2. The Morgan fingerprint density at radius 3 is 1.50 bits per heavy atom. The molecule has 0 atom stereocenters. The predicted octanol–water partition coefficient (Wildman–Crippen LogP) is 3.19. The molecule has 0 radical (unpaired) electrons. The first-order chi connectivity index (χ1) is 9.76. The van der Waals surface area contributed by atoms with Crippen molar-refractivity contribution in [2.75, 3.05) is 0 Å². The van der Waals surface area contributed by atoms with Gasteiger partial charge in [0, 0.05) is 10.8 Å². The predicted molar refractivity (Wildman–Crippen MR) is 76.1 cm³/mol. The standard InChI is InChI=1S/C13H9N.2CHNO/c1-3-7-12-10(5-1)9-11-6-2-4-8-13(11)14-12;2*2-1-3/h1-9H;2*2H. The Bertz CT molecular complexity index is 655. The largest absolute Gasteiger partial charge is 0.248 e. The molecule has 1 heterocycles. The number of rotatable bonds is 0. The van der Waals surface area contributed by atoms with Crippen molar-refractivity contribution >= 4 is 34.0 Å². The van der Waals surface area contributed by atoms with E-state index < -0.39 is 0 Å². The third kappa shape index (κ3) is 3.96. The van der Waals surface area contributed by atoms with Crippen LogP contribution in [0.15, 0.2) is 54.6 Å². The van der Waals surface area contributed by atoms with E-state index in [1.807, 2.05) is 36.4 Å². The van der Waals surface area contributed by atoms with Crippen molar-refractivity contribution in [2.45, 2.75) is 0 Å². The van der Waals surface area contributed by atoms with Crippen LogP contribution < -0.4 is 0 Å². The van der Waals surface area contributed by atoms with Gasteiger partial charge in [-0.2, -0.15) is 0 Å². The van der Waals surface area contributed by atoms with Crippen molar-refractivity contribution in [2.24, 2.45) is 0 Å². The summed E-state index contributed by atoms with van der Waals surface area (Å²) in [5.41, 5.74) is 2.12. The van der Waals surface area contributed by atoms with Gasteiger partial charge in [-0.1, -0.05) is 36.4 Å². The van der Waals surface area contributed by atoms with Crippen LogP contribution in [0.2, 0.25) is 0 Å². The highest BCUT2D eigenvalue weighted by molar-refractivity contribution is 5.92. The molecule has 0 fully saturated rings. The highest BCUT2D eigenvalue weighted by atomic mass is 16.1. The van der Waals surface area contributed by atoms with E-state index in [9.17, 15) is 0 Å². The lowest BCUT2D eigenvalue weighted by molar-refractivity contribution is 0.562. The van der Waals surface area contributed by atoms with Gasteiger partial charge in [0.15, 0.2) is 0 Å². The maximum absolute atomic E-state index is 8.35. The molecular weight excluding hydrogens is 254 g/mol. The number of hydrogen-bond acceptors (Lipinski definition) is 5. The highest BCUT2D eigenvalue weighted by Gasteiger charge is 1.96. The molecule has 0 spiro atoms. The molecule has 3 rings (SSSR count). The average molecular weight is 265 g/mol. The molecule has 2 aromatic carbocycles. The van der Waals surface area contributed by atoms with Gasteiger partial charge >= 0.3 is 0 Å². The minimum absolute atomic E-state index is 0.750. The smallest absolute Gasteiger partial charge is 0.231 e. The van der Waals surface area contributed by atoms with Crippen molar-refractivity contribution in [3.8, 4) is 0 Å². The number of aromatic nitrogens is 1. The normalized spacial score (nSPS) is 8.40. The second-order valence-electron chi connectivity index (χ2n) is 3.58. The third-order valence-electron chi connectivity index (χ3n) is 2.43. The summed E-state index contributed by atoms with van der Waals surface area (Å²) in [5, 5.41) is 13.2. The summed E-state index contributed by atoms with van der Waals surface area (Å²) in [4.78, 5) is 21.3. The number of isocyanates is 2. The third-order valence-corrected chi connectivity index (χ3v) is 2.43. The van der Waals surface area contributed by atoms with Crippen LogP contribution in [0.4, 0.5) is 0 Å². The molecular formula is C15H11N3O2. The first-order valence-electron chi connectivity index (χ1n) is 5.59. The van der Waals surface area contributed by atoms with Gasteiger partial charge in [0.2, 0.25) is 12.2 Å². The monoisotopic (exact) mass is 265 g/mol. The van der Waals surface area contributed by atoms with Crippen LogP contribution in [0.25, 0.3) is 21.8 Å². The Morgan fingerprint density at radius 1 is 0.750 bits per heavy atom. The highest BCUT2D eigenvalue weighted by Crippen LogP contribution is 2.18. The minimum Gasteiger partial charge on any atom is -0.248 e. The summed E-state index contributed by atoms with van der Waals surface area (Å²) in [6, 6.07) is 18.6. The fraction of sp³-hybridized carbons (Fsp3) is 0. The Labute approximate surface area is 114 Å². The van der Waals surface area contributed by atoms with E-state index in [4.69, 9.17) is 20.4 Å². The second kappa shape index (κ2) is 8.06. The van der Waals surface area contributed by atoms with Gasteiger partial charge in [-0.15, -0.1) is 0 Å². The molecule has 3 aromatic rings. The van der Waals surface area contributed by atoms with Crippen LogP contribution in [0.5, 0.6) is 0 Å². The zero-order valence-electron chi connectivity index (χ0n) is 10.5. The summed E-state index contributed by atoms with van der Waals surface area (Å²) in [7, 11) is 0. The van der Waals surface area contributed by atoms with E-state index in [1.54, 1.807) is 0 Å². The molecule has 0 amide bonds. The molecule has 0 saturated heterocycles. The van der Waals surface area contributed by atoms with Gasteiger partial charge in [-0.05, 0) is 18.2 Å². The van der Waals surface area contributed by atoms with E-state index in [-0.39, 0.29) is 0 Å². The number of hydrogen-bond donors (Lipinski definition) is 2. The Kier molecular flexibility index (Phi) is 6.01. The fourth-order valence-electron chi connectivity index (χ4n) is 1.72. The number of benzene rings is 2. The van der Waals surface area contributed by atoms with Crippen molar-refractivity contribution in [1.82, 2.24) is 4.98 Å². The van der Waals surface area contributed by atoms with E-state index in [1.165, 1.54) is 10.8 Å². The quantitative estimate of drug-likeness (QED) is 0.371. The SMILES string of the molecule is N=C=O.N=C=O.c1ccc2nc3ccccc3cc2c1. The van der Waals surface area contributed by atoms with E-state index in [0.717, 1.165) is 23.2 Å². The van der Waals surface area contributed by atoms with Gasteiger partial charge in [0.05, 0.1) is 11.0 Å². The molecule has 0 aliphatic rings. The summed E-state index contributed by atoms with van der Waals surface area (Å²) < 4.78 is 0. The molecule has 0 unspecified atom stereocenters. The molecule has 0 aliphatic carbocycles. The number of nitrogens with zero attached hydrogens (tertiary/aromatic N) is 1. The zero-order valence-corrected chi connectivity index (χ0v) is 10.5. The van der Waals surface area contributed by atoms with Crippen LogP contribution in [-0.2, 0) is 9.59 Å². The van der Waals surface area contributed by atoms with E-state index in [0.29, 0.717) is 0 Å². The molecule has 20 heavy (non-hydrogen) atoms. The molecule has 0 saturated carbocycles. The van der Waals surface area contributed by atoms with Crippen LogP contribution >= 0.6 is 0 Å². The van der Waals surface area contributed by atoms with Gasteiger partial charge < -0.3 is 0 Å². The number of para-hydroxylation sites is 2.